The molecule has 0 atom stereocenters. The lowest BCUT2D eigenvalue weighted by atomic mass is 10.2. The van der Waals surface area contributed by atoms with E-state index in [1.165, 1.54) is 11.3 Å². The van der Waals surface area contributed by atoms with Gasteiger partial charge in [-0.2, -0.15) is 5.26 Å². The second kappa shape index (κ2) is 6.08. The second-order valence-electron chi connectivity index (χ2n) is 4.23. The monoisotopic (exact) mass is 356 g/mol. The molecule has 0 aliphatic heterocycles. The van der Waals surface area contributed by atoms with Crippen LogP contribution in [-0.2, 0) is 0 Å². The van der Waals surface area contributed by atoms with Gasteiger partial charge in [0.25, 0.3) is 0 Å². The molecule has 0 fully saturated rings. The van der Waals surface area contributed by atoms with Crippen molar-refractivity contribution in [2.75, 3.05) is 0 Å². The van der Waals surface area contributed by atoms with Gasteiger partial charge in [-0.3, -0.25) is 0 Å². The van der Waals surface area contributed by atoms with Crippen LogP contribution in [0.2, 0.25) is 0 Å². The zero-order valence-corrected chi connectivity index (χ0v) is 13.2. The van der Waals surface area contributed by atoms with Gasteiger partial charge < -0.3 is 4.42 Å². The zero-order chi connectivity index (χ0) is 14.7. The van der Waals surface area contributed by atoms with Crippen molar-refractivity contribution in [2.45, 2.75) is 0 Å². The van der Waals surface area contributed by atoms with Gasteiger partial charge in [-0.15, -0.1) is 11.3 Å². The van der Waals surface area contributed by atoms with E-state index < -0.39 is 0 Å². The van der Waals surface area contributed by atoms with Crippen LogP contribution in [0.1, 0.15) is 10.8 Å². The molecule has 0 N–H and O–H groups in total. The topological polar surface area (TPSA) is 49.8 Å². The fourth-order valence-corrected chi connectivity index (χ4v) is 2.87. The Balaban J connectivity index is 1.94. The minimum atomic E-state index is 0.498. The molecule has 0 aliphatic rings. The first-order chi connectivity index (χ1) is 10.3. The van der Waals surface area contributed by atoms with Gasteiger partial charge in [0, 0.05) is 21.5 Å². The zero-order valence-electron chi connectivity index (χ0n) is 10.8. The maximum atomic E-state index is 9.30. The normalized spacial score (nSPS) is 11.3. The Morgan fingerprint density at radius 2 is 2.10 bits per heavy atom. The van der Waals surface area contributed by atoms with Crippen molar-refractivity contribution >= 4 is 38.9 Å². The van der Waals surface area contributed by atoms with E-state index in [2.05, 4.69) is 27.0 Å². The number of thiazole rings is 1. The first kappa shape index (κ1) is 13.8. The molecule has 2 aromatic heterocycles. The average molecular weight is 357 g/mol. The van der Waals surface area contributed by atoms with Gasteiger partial charge in [-0.1, -0.05) is 28.1 Å². The molecule has 0 aliphatic carbocycles. The van der Waals surface area contributed by atoms with Crippen molar-refractivity contribution in [1.29, 1.82) is 5.26 Å². The van der Waals surface area contributed by atoms with E-state index in [0.717, 1.165) is 15.7 Å². The van der Waals surface area contributed by atoms with Crippen molar-refractivity contribution in [3.05, 3.63) is 63.3 Å². The molecule has 0 bridgehead atoms. The Bertz CT molecular complexity index is 811. The van der Waals surface area contributed by atoms with Gasteiger partial charge in [0.15, 0.2) is 0 Å². The first-order valence-corrected chi connectivity index (χ1v) is 7.80. The number of furan rings is 1. The SMILES string of the molecule is N#C/C(=C\c1ccco1)c1nc(-c2ccc(Br)cc2)cs1. The molecule has 0 radical (unpaired) electrons. The molecule has 0 amide bonds. The summed E-state index contributed by atoms with van der Waals surface area (Å²) in [4.78, 5) is 4.53. The molecule has 21 heavy (non-hydrogen) atoms. The molecule has 3 nitrogen and oxygen atoms in total. The fraction of sp³-hybridized carbons (Fsp3) is 0. The highest BCUT2D eigenvalue weighted by Crippen LogP contribution is 2.28. The lowest BCUT2D eigenvalue weighted by Gasteiger charge is -1.96. The number of allylic oxidation sites excluding steroid dienone is 1. The van der Waals surface area contributed by atoms with E-state index in [-0.39, 0.29) is 0 Å². The first-order valence-electron chi connectivity index (χ1n) is 6.13. The quantitative estimate of drug-likeness (QED) is 0.603. The fourth-order valence-electron chi connectivity index (χ4n) is 1.81. The highest BCUT2D eigenvalue weighted by atomic mass is 79.9. The smallest absolute Gasteiger partial charge is 0.134 e. The summed E-state index contributed by atoms with van der Waals surface area (Å²) in [7, 11) is 0. The minimum absolute atomic E-state index is 0.498. The van der Waals surface area contributed by atoms with Crippen LogP contribution < -0.4 is 0 Å². The number of benzene rings is 1. The van der Waals surface area contributed by atoms with E-state index in [9.17, 15) is 5.26 Å². The highest BCUT2D eigenvalue weighted by Gasteiger charge is 2.09. The standard InChI is InChI=1S/C16H9BrN2OS/c17-13-5-3-11(4-6-13)15-10-21-16(19-15)12(9-18)8-14-2-1-7-20-14/h1-8,10H/b12-8+. The number of hydrogen-bond donors (Lipinski definition) is 0. The number of rotatable bonds is 3. The molecule has 1 aromatic carbocycles. The van der Waals surface area contributed by atoms with Crippen molar-refractivity contribution in [1.82, 2.24) is 4.98 Å². The van der Waals surface area contributed by atoms with Crippen LogP contribution in [-0.4, -0.2) is 4.98 Å². The van der Waals surface area contributed by atoms with E-state index in [0.29, 0.717) is 16.3 Å². The third kappa shape index (κ3) is 3.13. The molecule has 102 valence electrons. The Morgan fingerprint density at radius 1 is 1.29 bits per heavy atom. The third-order valence-corrected chi connectivity index (χ3v) is 4.23. The number of halogens is 1. The summed E-state index contributed by atoms with van der Waals surface area (Å²) in [5, 5.41) is 11.9. The van der Waals surface area contributed by atoms with Crippen molar-refractivity contribution in [3.8, 4) is 17.3 Å². The number of nitrogens with zero attached hydrogens (tertiary/aromatic N) is 2. The summed E-state index contributed by atoms with van der Waals surface area (Å²) >= 11 is 4.86. The van der Waals surface area contributed by atoms with Crippen LogP contribution in [0.4, 0.5) is 0 Å². The Hall–Kier alpha value is -2.16. The summed E-state index contributed by atoms with van der Waals surface area (Å²) < 4.78 is 6.26. The van der Waals surface area contributed by atoms with E-state index in [1.54, 1.807) is 24.5 Å². The molecule has 3 rings (SSSR count). The van der Waals surface area contributed by atoms with Crippen molar-refractivity contribution < 1.29 is 4.42 Å². The summed E-state index contributed by atoms with van der Waals surface area (Å²) in [5.41, 5.74) is 2.39. The van der Waals surface area contributed by atoms with Gasteiger partial charge in [0.05, 0.1) is 17.5 Å². The molecule has 0 saturated heterocycles. The number of aromatic nitrogens is 1. The van der Waals surface area contributed by atoms with Gasteiger partial charge in [0.1, 0.15) is 16.8 Å². The van der Waals surface area contributed by atoms with Gasteiger partial charge in [0.2, 0.25) is 0 Å². The average Bonchev–Trinajstić information content (AvgIpc) is 3.17. The van der Waals surface area contributed by atoms with Crippen molar-refractivity contribution in [3.63, 3.8) is 0 Å². The predicted octanol–water partition coefficient (Wildman–Crippen LogP) is 5.23. The lowest BCUT2D eigenvalue weighted by molar-refractivity contribution is 0.557. The van der Waals surface area contributed by atoms with Crippen LogP contribution in [0.15, 0.2) is 56.9 Å². The van der Waals surface area contributed by atoms with Crippen LogP contribution >= 0.6 is 27.3 Å². The Morgan fingerprint density at radius 3 is 2.76 bits per heavy atom. The lowest BCUT2D eigenvalue weighted by Crippen LogP contribution is -1.82. The number of nitriles is 1. The molecular weight excluding hydrogens is 348 g/mol. The predicted molar refractivity (Wildman–Crippen MR) is 87.4 cm³/mol. The summed E-state index contributed by atoms with van der Waals surface area (Å²) in [6.07, 6.45) is 3.28. The maximum absolute atomic E-state index is 9.30. The van der Waals surface area contributed by atoms with Crippen LogP contribution in [0.25, 0.3) is 22.9 Å². The van der Waals surface area contributed by atoms with Crippen LogP contribution in [0, 0.1) is 11.3 Å². The molecule has 0 spiro atoms. The highest BCUT2D eigenvalue weighted by molar-refractivity contribution is 9.10. The van der Waals surface area contributed by atoms with Crippen LogP contribution in [0.3, 0.4) is 0 Å². The van der Waals surface area contributed by atoms with Gasteiger partial charge in [-0.05, 0) is 24.3 Å². The molecule has 0 unspecified atom stereocenters. The molecule has 0 saturated carbocycles. The van der Waals surface area contributed by atoms with E-state index in [4.69, 9.17) is 4.42 Å². The molecular formula is C16H9BrN2OS. The Kier molecular flexibility index (Phi) is 4.00. The summed E-state index contributed by atoms with van der Waals surface area (Å²) in [6.45, 7) is 0. The summed E-state index contributed by atoms with van der Waals surface area (Å²) in [5.74, 6) is 0.645. The second-order valence-corrected chi connectivity index (χ2v) is 6.00. The Labute approximate surface area is 134 Å². The molecule has 5 heteroatoms. The number of hydrogen-bond acceptors (Lipinski definition) is 4. The van der Waals surface area contributed by atoms with E-state index >= 15 is 0 Å². The molecule has 3 aromatic rings. The third-order valence-electron chi connectivity index (χ3n) is 2.82. The maximum Gasteiger partial charge on any atom is 0.134 e. The van der Waals surface area contributed by atoms with E-state index in [1.807, 2.05) is 29.6 Å². The van der Waals surface area contributed by atoms with Crippen LogP contribution in [0.5, 0.6) is 0 Å². The summed E-state index contributed by atoms with van der Waals surface area (Å²) in [6, 6.07) is 13.7. The molecule has 2 heterocycles. The van der Waals surface area contributed by atoms with Crippen molar-refractivity contribution in [2.24, 2.45) is 0 Å². The minimum Gasteiger partial charge on any atom is -0.465 e. The van der Waals surface area contributed by atoms with Gasteiger partial charge >= 0.3 is 0 Å². The van der Waals surface area contributed by atoms with Gasteiger partial charge in [-0.25, -0.2) is 4.98 Å². The largest absolute Gasteiger partial charge is 0.465 e.